The number of methoxy groups -OCH3 is 1. The number of ether oxygens (including phenoxy) is 1. The van der Waals surface area contributed by atoms with Gasteiger partial charge >= 0.3 is 0 Å². The van der Waals surface area contributed by atoms with Crippen molar-refractivity contribution in [1.82, 2.24) is 4.98 Å². The van der Waals surface area contributed by atoms with Crippen molar-refractivity contribution in [2.24, 2.45) is 5.73 Å². The van der Waals surface area contributed by atoms with Crippen LogP contribution in [0.25, 0.3) is 0 Å². The first kappa shape index (κ1) is 11.4. The summed E-state index contributed by atoms with van der Waals surface area (Å²) in [4.78, 5) is 4.26. The van der Waals surface area contributed by atoms with Gasteiger partial charge < -0.3 is 15.6 Å². The number of nitrogens with zero attached hydrogens (tertiary/aromatic N) is 1. The van der Waals surface area contributed by atoms with Crippen molar-refractivity contribution < 1.29 is 9.84 Å². The van der Waals surface area contributed by atoms with E-state index in [1.54, 1.807) is 7.11 Å². The number of aliphatic hydroxyl groups is 1. The van der Waals surface area contributed by atoms with Gasteiger partial charge in [-0.3, -0.25) is 0 Å². The molecule has 1 aromatic heterocycles. The van der Waals surface area contributed by atoms with Crippen LogP contribution in [0, 0.1) is 6.92 Å². The molecule has 4 heteroatoms. The zero-order chi connectivity index (χ0) is 11.8. The second-order valence-electron chi connectivity index (χ2n) is 4.60. The lowest BCUT2D eigenvalue weighted by molar-refractivity contribution is 0.0219. The van der Waals surface area contributed by atoms with E-state index in [0.29, 0.717) is 12.4 Å². The average molecular weight is 222 g/mol. The molecule has 0 bridgehead atoms. The fraction of sp³-hybridized carbons (Fsp3) is 0.583. The van der Waals surface area contributed by atoms with E-state index in [1.165, 1.54) is 0 Å². The highest BCUT2D eigenvalue weighted by Crippen LogP contribution is 2.43. The number of pyridine rings is 1. The molecule has 88 valence electrons. The van der Waals surface area contributed by atoms with Gasteiger partial charge in [-0.2, -0.15) is 0 Å². The van der Waals surface area contributed by atoms with Crippen LogP contribution in [0.1, 0.15) is 24.0 Å². The van der Waals surface area contributed by atoms with E-state index < -0.39 is 0 Å². The lowest BCUT2D eigenvalue weighted by atomic mass is 9.63. The van der Waals surface area contributed by atoms with Crippen LogP contribution in [0.5, 0.6) is 5.88 Å². The van der Waals surface area contributed by atoms with Gasteiger partial charge in [0, 0.05) is 23.7 Å². The molecule has 1 aliphatic rings. The highest BCUT2D eigenvalue weighted by Gasteiger charge is 2.44. The fourth-order valence-corrected chi connectivity index (χ4v) is 2.43. The maximum atomic E-state index is 9.45. The predicted molar refractivity (Wildman–Crippen MR) is 61.5 cm³/mol. The van der Waals surface area contributed by atoms with Crippen LogP contribution in [0.4, 0.5) is 0 Å². The van der Waals surface area contributed by atoms with Gasteiger partial charge in [0.2, 0.25) is 5.88 Å². The largest absolute Gasteiger partial charge is 0.481 e. The SMILES string of the molecule is COc1ncc(C2(CN)CC(O)C2)cc1C. The molecule has 0 aromatic carbocycles. The van der Waals surface area contributed by atoms with Crippen LogP contribution >= 0.6 is 0 Å². The zero-order valence-corrected chi connectivity index (χ0v) is 9.73. The highest BCUT2D eigenvalue weighted by atomic mass is 16.5. The molecule has 0 unspecified atom stereocenters. The van der Waals surface area contributed by atoms with E-state index in [0.717, 1.165) is 24.0 Å². The van der Waals surface area contributed by atoms with E-state index >= 15 is 0 Å². The zero-order valence-electron chi connectivity index (χ0n) is 9.73. The molecule has 0 atom stereocenters. The summed E-state index contributed by atoms with van der Waals surface area (Å²) in [5, 5.41) is 9.45. The normalized spacial score (nSPS) is 28.6. The number of hydrogen-bond donors (Lipinski definition) is 2. The fourth-order valence-electron chi connectivity index (χ4n) is 2.43. The van der Waals surface area contributed by atoms with Crippen LogP contribution in [-0.4, -0.2) is 29.8 Å². The third-order valence-electron chi connectivity index (χ3n) is 3.48. The van der Waals surface area contributed by atoms with E-state index in [-0.39, 0.29) is 11.5 Å². The van der Waals surface area contributed by atoms with Crippen LogP contribution in [0.2, 0.25) is 0 Å². The summed E-state index contributed by atoms with van der Waals surface area (Å²) < 4.78 is 5.13. The van der Waals surface area contributed by atoms with Crippen molar-refractivity contribution in [2.45, 2.75) is 31.3 Å². The average Bonchev–Trinajstić information content (AvgIpc) is 2.24. The molecular formula is C12H18N2O2. The van der Waals surface area contributed by atoms with Gasteiger partial charge in [-0.15, -0.1) is 0 Å². The Kier molecular flexibility index (Phi) is 2.86. The summed E-state index contributed by atoms with van der Waals surface area (Å²) in [6, 6.07) is 2.06. The van der Waals surface area contributed by atoms with E-state index in [4.69, 9.17) is 10.5 Å². The summed E-state index contributed by atoms with van der Waals surface area (Å²) >= 11 is 0. The summed E-state index contributed by atoms with van der Waals surface area (Å²) in [7, 11) is 1.61. The molecule has 0 aliphatic heterocycles. The maximum Gasteiger partial charge on any atom is 0.215 e. The van der Waals surface area contributed by atoms with Crippen LogP contribution in [-0.2, 0) is 5.41 Å². The predicted octanol–water partition coefficient (Wildman–Crippen LogP) is 0.750. The lowest BCUT2D eigenvalue weighted by Gasteiger charge is -2.45. The molecule has 0 spiro atoms. The number of aromatic nitrogens is 1. The Bertz CT molecular complexity index is 387. The molecule has 1 fully saturated rings. The first-order valence-electron chi connectivity index (χ1n) is 5.50. The Labute approximate surface area is 95.4 Å². The quantitative estimate of drug-likeness (QED) is 0.792. The van der Waals surface area contributed by atoms with Crippen LogP contribution in [0.15, 0.2) is 12.3 Å². The smallest absolute Gasteiger partial charge is 0.215 e. The van der Waals surface area contributed by atoms with Gasteiger partial charge in [0.1, 0.15) is 0 Å². The summed E-state index contributed by atoms with van der Waals surface area (Å²) in [6.07, 6.45) is 3.06. The third-order valence-corrected chi connectivity index (χ3v) is 3.48. The minimum absolute atomic E-state index is 0.0799. The summed E-state index contributed by atoms with van der Waals surface area (Å²) in [5.41, 5.74) is 7.85. The molecule has 1 heterocycles. The number of rotatable bonds is 3. The molecule has 1 saturated carbocycles. The topological polar surface area (TPSA) is 68.4 Å². The van der Waals surface area contributed by atoms with Crippen molar-refractivity contribution in [3.8, 4) is 5.88 Å². The Morgan fingerprint density at radius 2 is 2.31 bits per heavy atom. The second-order valence-corrected chi connectivity index (χ2v) is 4.60. The molecule has 1 aromatic rings. The Morgan fingerprint density at radius 1 is 1.62 bits per heavy atom. The summed E-state index contributed by atoms with van der Waals surface area (Å²) in [6.45, 7) is 2.52. The van der Waals surface area contributed by atoms with E-state index in [2.05, 4.69) is 11.1 Å². The second kappa shape index (κ2) is 4.03. The Hall–Kier alpha value is -1.13. The molecular weight excluding hydrogens is 204 g/mol. The van der Waals surface area contributed by atoms with Crippen molar-refractivity contribution >= 4 is 0 Å². The molecule has 0 amide bonds. The summed E-state index contributed by atoms with van der Waals surface area (Å²) in [5.74, 6) is 0.649. The first-order chi connectivity index (χ1) is 7.61. The molecule has 1 aliphatic carbocycles. The van der Waals surface area contributed by atoms with Gasteiger partial charge in [-0.25, -0.2) is 4.98 Å². The molecule has 2 rings (SSSR count). The number of hydrogen-bond acceptors (Lipinski definition) is 4. The van der Waals surface area contributed by atoms with E-state index in [1.807, 2.05) is 13.1 Å². The van der Waals surface area contributed by atoms with Gasteiger partial charge in [-0.1, -0.05) is 0 Å². The Balaban J connectivity index is 2.30. The van der Waals surface area contributed by atoms with Crippen LogP contribution < -0.4 is 10.5 Å². The molecule has 0 saturated heterocycles. The van der Waals surface area contributed by atoms with Crippen molar-refractivity contribution in [3.63, 3.8) is 0 Å². The van der Waals surface area contributed by atoms with Gasteiger partial charge in [-0.05, 0) is 31.4 Å². The maximum absolute atomic E-state index is 9.45. The number of aryl methyl sites for hydroxylation is 1. The number of nitrogens with two attached hydrogens (primary N) is 1. The lowest BCUT2D eigenvalue weighted by Crippen LogP contribution is -2.49. The van der Waals surface area contributed by atoms with Gasteiger partial charge in [0.15, 0.2) is 0 Å². The molecule has 16 heavy (non-hydrogen) atoms. The minimum Gasteiger partial charge on any atom is -0.481 e. The standard InChI is InChI=1S/C12H18N2O2/c1-8-3-9(6-14-11(8)16-2)12(7-13)4-10(15)5-12/h3,6,10,15H,4-5,7,13H2,1-2H3. The third kappa shape index (κ3) is 1.68. The number of aliphatic hydroxyl groups excluding tert-OH is 1. The molecule has 0 radical (unpaired) electrons. The highest BCUT2D eigenvalue weighted by molar-refractivity contribution is 5.35. The van der Waals surface area contributed by atoms with Crippen molar-refractivity contribution in [1.29, 1.82) is 0 Å². The van der Waals surface area contributed by atoms with E-state index in [9.17, 15) is 5.11 Å². The van der Waals surface area contributed by atoms with Crippen molar-refractivity contribution in [3.05, 3.63) is 23.4 Å². The van der Waals surface area contributed by atoms with Crippen molar-refractivity contribution in [2.75, 3.05) is 13.7 Å². The van der Waals surface area contributed by atoms with Gasteiger partial charge in [0.25, 0.3) is 0 Å². The van der Waals surface area contributed by atoms with Crippen LogP contribution in [0.3, 0.4) is 0 Å². The van der Waals surface area contributed by atoms with Gasteiger partial charge in [0.05, 0.1) is 13.2 Å². The Morgan fingerprint density at radius 3 is 2.75 bits per heavy atom. The minimum atomic E-state index is -0.217. The molecule has 4 nitrogen and oxygen atoms in total. The molecule has 3 N–H and O–H groups in total. The monoisotopic (exact) mass is 222 g/mol. The first-order valence-corrected chi connectivity index (χ1v) is 5.50.